The van der Waals surface area contributed by atoms with Crippen molar-refractivity contribution < 1.29 is 22.6 Å². The molecule has 0 saturated carbocycles. The summed E-state index contributed by atoms with van der Waals surface area (Å²) in [5.41, 5.74) is 5.06. The number of nitrogens with two attached hydrogens (primary N) is 1. The molecule has 0 bridgehead atoms. The normalized spacial score (nSPS) is 32.4. The molecule has 0 amide bonds. The van der Waals surface area contributed by atoms with Crippen LogP contribution < -0.4 is 5.73 Å². The van der Waals surface area contributed by atoms with E-state index in [0.29, 0.717) is 32.7 Å². The smallest absolute Gasteiger partial charge is 0.378 e. The summed E-state index contributed by atoms with van der Waals surface area (Å²) in [7, 11) is 0. The van der Waals surface area contributed by atoms with Crippen LogP contribution in [0.2, 0.25) is 0 Å². The minimum Gasteiger partial charge on any atom is -0.378 e. The van der Waals surface area contributed by atoms with Gasteiger partial charge in [-0.25, -0.2) is 0 Å². The van der Waals surface area contributed by atoms with E-state index in [9.17, 15) is 13.2 Å². The molecule has 0 aliphatic carbocycles. The Kier molecular flexibility index (Phi) is 4.70. The lowest BCUT2D eigenvalue weighted by Crippen LogP contribution is -2.52. The Bertz CT molecular complexity index is 293. The van der Waals surface area contributed by atoms with Crippen LogP contribution in [0, 0.1) is 0 Å². The van der Waals surface area contributed by atoms with E-state index in [2.05, 4.69) is 0 Å². The van der Waals surface area contributed by atoms with E-state index in [1.807, 2.05) is 0 Å². The summed E-state index contributed by atoms with van der Waals surface area (Å²) >= 11 is 0. The van der Waals surface area contributed by atoms with Crippen LogP contribution in [0.15, 0.2) is 0 Å². The molecule has 2 fully saturated rings. The number of nitrogens with zero attached hydrogens (tertiary/aromatic N) is 1. The van der Waals surface area contributed by atoms with Crippen LogP contribution in [0.1, 0.15) is 19.3 Å². The molecule has 0 aromatic carbocycles. The molecule has 2 atom stereocenters. The quantitative estimate of drug-likeness (QED) is 0.840. The molecule has 2 heterocycles. The second kappa shape index (κ2) is 5.95. The van der Waals surface area contributed by atoms with Crippen LogP contribution in [0.25, 0.3) is 0 Å². The highest BCUT2D eigenvalue weighted by molar-refractivity contribution is 4.94. The molecule has 2 aliphatic heterocycles. The van der Waals surface area contributed by atoms with Crippen LogP contribution in [-0.2, 0) is 9.47 Å². The van der Waals surface area contributed by atoms with Crippen molar-refractivity contribution in [3.05, 3.63) is 0 Å². The summed E-state index contributed by atoms with van der Waals surface area (Å²) in [6.07, 6.45) is -2.19. The topological polar surface area (TPSA) is 47.7 Å². The summed E-state index contributed by atoms with van der Waals surface area (Å²) in [5.74, 6) is 0. The van der Waals surface area contributed by atoms with Gasteiger partial charge in [0.15, 0.2) is 0 Å². The zero-order valence-electron chi connectivity index (χ0n) is 10.9. The van der Waals surface area contributed by atoms with Crippen molar-refractivity contribution >= 4 is 0 Å². The molecule has 19 heavy (non-hydrogen) atoms. The molecule has 4 nitrogen and oxygen atoms in total. The number of halogens is 3. The standard InChI is InChI=1S/C12H21F3N2O2/c13-12(14,15)8-17(4-3-16)10-1-5-19-11(7-10)2-6-18-9-11/h10H,1-9,16H2. The van der Waals surface area contributed by atoms with Crippen molar-refractivity contribution in [3.63, 3.8) is 0 Å². The minimum atomic E-state index is -4.19. The number of rotatable bonds is 4. The van der Waals surface area contributed by atoms with Gasteiger partial charge in [-0.05, 0) is 12.8 Å². The largest absolute Gasteiger partial charge is 0.401 e. The van der Waals surface area contributed by atoms with E-state index in [4.69, 9.17) is 15.2 Å². The Morgan fingerprint density at radius 2 is 2.11 bits per heavy atom. The maximum atomic E-state index is 12.6. The summed E-state index contributed by atoms with van der Waals surface area (Å²) in [5, 5.41) is 0. The van der Waals surface area contributed by atoms with Gasteiger partial charge in [0, 0.05) is 38.8 Å². The maximum Gasteiger partial charge on any atom is 0.401 e. The maximum absolute atomic E-state index is 12.6. The zero-order valence-corrected chi connectivity index (χ0v) is 10.9. The first-order chi connectivity index (χ1) is 8.94. The molecule has 2 aliphatic rings. The summed E-state index contributed by atoms with van der Waals surface area (Å²) < 4.78 is 48.9. The highest BCUT2D eigenvalue weighted by atomic mass is 19.4. The van der Waals surface area contributed by atoms with Gasteiger partial charge in [-0.3, -0.25) is 4.90 Å². The number of hydrogen-bond donors (Lipinski definition) is 1. The van der Waals surface area contributed by atoms with Crippen molar-refractivity contribution in [2.45, 2.75) is 37.1 Å². The molecule has 1 spiro atoms. The molecule has 7 heteroatoms. The number of hydrogen-bond acceptors (Lipinski definition) is 4. The highest BCUT2D eigenvalue weighted by Crippen LogP contribution is 2.35. The third-order valence-electron chi connectivity index (χ3n) is 3.85. The van der Waals surface area contributed by atoms with E-state index in [1.54, 1.807) is 0 Å². The summed E-state index contributed by atoms with van der Waals surface area (Å²) in [6.45, 7) is 1.21. The number of ether oxygens (including phenoxy) is 2. The van der Waals surface area contributed by atoms with Crippen LogP contribution in [0.3, 0.4) is 0 Å². The van der Waals surface area contributed by atoms with Crippen molar-refractivity contribution in [1.29, 1.82) is 0 Å². The molecular weight excluding hydrogens is 261 g/mol. The van der Waals surface area contributed by atoms with Gasteiger partial charge in [0.2, 0.25) is 0 Å². The highest BCUT2D eigenvalue weighted by Gasteiger charge is 2.44. The molecule has 2 rings (SSSR count). The monoisotopic (exact) mass is 282 g/mol. The van der Waals surface area contributed by atoms with E-state index in [1.165, 1.54) is 4.90 Å². The van der Waals surface area contributed by atoms with Gasteiger partial charge >= 0.3 is 6.18 Å². The van der Waals surface area contributed by atoms with Crippen molar-refractivity contribution in [1.82, 2.24) is 4.90 Å². The van der Waals surface area contributed by atoms with Gasteiger partial charge < -0.3 is 15.2 Å². The van der Waals surface area contributed by atoms with Gasteiger partial charge in [0.1, 0.15) is 0 Å². The third kappa shape index (κ3) is 4.05. The molecule has 112 valence electrons. The predicted octanol–water partition coefficient (Wildman–Crippen LogP) is 1.15. The van der Waals surface area contributed by atoms with E-state index >= 15 is 0 Å². The van der Waals surface area contributed by atoms with E-state index in [-0.39, 0.29) is 24.7 Å². The lowest BCUT2D eigenvalue weighted by Gasteiger charge is -2.42. The van der Waals surface area contributed by atoms with Gasteiger partial charge in [-0.15, -0.1) is 0 Å². The SMILES string of the molecule is NCCN(CC(F)(F)F)C1CCOC2(CCOC2)C1. The average Bonchev–Trinajstić information content (AvgIpc) is 2.75. The van der Waals surface area contributed by atoms with Gasteiger partial charge in [-0.2, -0.15) is 13.2 Å². The predicted molar refractivity (Wildman–Crippen MR) is 63.8 cm³/mol. The summed E-state index contributed by atoms with van der Waals surface area (Å²) in [4.78, 5) is 1.45. The van der Waals surface area contributed by atoms with Crippen LogP contribution in [0.4, 0.5) is 13.2 Å². The van der Waals surface area contributed by atoms with Crippen molar-refractivity contribution in [2.75, 3.05) is 39.5 Å². The van der Waals surface area contributed by atoms with Gasteiger partial charge in [0.25, 0.3) is 0 Å². The Labute approximate surface area is 111 Å². The fourth-order valence-electron chi connectivity index (χ4n) is 2.96. The molecule has 0 aromatic heterocycles. The van der Waals surface area contributed by atoms with E-state index < -0.39 is 12.7 Å². The zero-order chi connectivity index (χ0) is 13.9. The first-order valence-corrected chi connectivity index (χ1v) is 6.67. The third-order valence-corrected chi connectivity index (χ3v) is 3.85. The molecule has 2 saturated heterocycles. The lowest BCUT2D eigenvalue weighted by atomic mass is 9.89. The molecule has 0 aromatic rings. The van der Waals surface area contributed by atoms with Gasteiger partial charge in [0.05, 0.1) is 18.8 Å². The molecule has 0 radical (unpaired) electrons. The van der Waals surface area contributed by atoms with Crippen LogP contribution >= 0.6 is 0 Å². The van der Waals surface area contributed by atoms with Crippen molar-refractivity contribution in [3.8, 4) is 0 Å². The van der Waals surface area contributed by atoms with Crippen LogP contribution in [0.5, 0.6) is 0 Å². The lowest BCUT2D eigenvalue weighted by molar-refractivity contribution is -0.164. The number of alkyl halides is 3. The second-order valence-electron chi connectivity index (χ2n) is 5.36. The second-order valence-corrected chi connectivity index (χ2v) is 5.36. The molecule has 2 N–H and O–H groups in total. The Morgan fingerprint density at radius 1 is 1.32 bits per heavy atom. The van der Waals surface area contributed by atoms with Crippen LogP contribution in [-0.4, -0.2) is 62.2 Å². The molecular formula is C12H21F3N2O2. The average molecular weight is 282 g/mol. The Hall–Kier alpha value is -0.370. The van der Waals surface area contributed by atoms with Gasteiger partial charge in [-0.1, -0.05) is 0 Å². The fraction of sp³-hybridized carbons (Fsp3) is 1.00. The Balaban J connectivity index is 1.99. The first-order valence-electron chi connectivity index (χ1n) is 6.67. The Morgan fingerprint density at radius 3 is 2.68 bits per heavy atom. The minimum absolute atomic E-state index is 0.124. The fourth-order valence-corrected chi connectivity index (χ4v) is 2.96. The van der Waals surface area contributed by atoms with Crippen molar-refractivity contribution in [2.24, 2.45) is 5.73 Å². The first kappa shape index (κ1) is 15.0. The molecule has 2 unspecified atom stereocenters. The summed E-state index contributed by atoms with van der Waals surface area (Å²) in [6, 6.07) is -0.124. The van der Waals surface area contributed by atoms with E-state index in [0.717, 1.165) is 6.42 Å².